The fourth-order valence-corrected chi connectivity index (χ4v) is 4.40. The van der Waals surface area contributed by atoms with E-state index in [9.17, 15) is 9.18 Å². The lowest BCUT2D eigenvalue weighted by Crippen LogP contribution is -2.42. The van der Waals surface area contributed by atoms with E-state index < -0.39 is 11.8 Å². The van der Waals surface area contributed by atoms with Crippen LogP contribution < -0.4 is 4.74 Å². The average Bonchev–Trinajstić information content (AvgIpc) is 2.72. The minimum Gasteiger partial charge on any atom is -0.484 e. The molecule has 5 nitrogen and oxygen atoms in total. The van der Waals surface area contributed by atoms with E-state index in [0.29, 0.717) is 31.9 Å². The van der Waals surface area contributed by atoms with E-state index in [4.69, 9.17) is 14.2 Å². The van der Waals surface area contributed by atoms with Gasteiger partial charge in [-0.1, -0.05) is 33.1 Å². The van der Waals surface area contributed by atoms with Gasteiger partial charge in [0.1, 0.15) is 12.2 Å². The zero-order valence-electron chi connectivity index (χ0n) is 18.5. The highest BCUT2D eigenvalue weighted by atomic mass is 19.1. The number of hydrogen-bond acceptors (Lipinski definition) is 5. The molecule has 0 atom stereocenters. The first-order chi connectivity index (χ1) is 14.5. The molecular weight excluding hydrogens is 385 g/mol. The van der Waals surface area contributed by atoms with Gasteiger partial charge in [-0.15, -0.1) is 0 Å². The van der Waals surface area contributed by atoms with Gasteiger partial charge in [0.15, 0.2) is 11.6 Å². The SMILES string of the molecule is CC(C)C1(Oc2cc(C(=O)OCCN3CCOCC3)ccc2F)CCCCCCC1. The van der Waals surface area contributed by atoms with Crippen LogP contribution in [-0.4, -0.2) is 55.9 Å². The molecule has 0 bridgehead atoms. The van der Waals surface area contributed by atoms with E-state index in [-0.39, 0.29) is 17.3 Å². The average molecular weight is 422 g/mol. The molecule has 1 aromatic rings. The quantitative estimate of drug-likeness (QED) is 0.590. The topological polar surface area (TPSA) is 48.0 Å². The Morgan fingerprint density at radius 2 is 1.80 bits per heavy atom. The van der Waals surface area contributed by atoms with Gasteiger partial charge in [0.05, 0.1) is 18.8 Å². The summed E-state index contributed by atoms with van der Waals surface area (Å²) < 4.78 is 31.7. The third kappa shape index (κ3) is 6.17. The van der Waals surface area contributed by atoms with E-state index in [1.807, 2.05) is 0 Å². The molecule has 0 unspecified atom stereocenters. The fourth-order valence-electron chi connectivity index (χ4n) is 4.40. The molecular formula is C24H36FNO4. The van der Waals surface area contributed by atoms with Crippen molar-refractivity contribution in [1.82, 2.24) is 4.90 Å². The van der Waals surface area contributed by atoms with E-state index in [2.05, 4.69) is 18.7 Å². The first-order valence-electron chi connectivity index (χ1n) is 11.5. The van der Waals surface area contributed by atoms with Crippen LogP contribution in [0, 0.1) is 11.7 Å². The Kier molecular flexibility index (Phi) is 8.51. The van der Waals surface area contributed by atoms with Crippen LogP contribution in [0.2, 0.25) is 0 Å². The first kappa shape index (κ1) is 23.0. The van der Waals surface area contributed by atoms with Crippen molar-refractivity contribution in [3.8, 4) is 5.75 Å². The molecule has 3 rings (SSSR count). The van der Waals surface area contributed by atoms with Crippen molar-refractivity contribution >= 4 is 5.97 Å². The zero-order valence-corrected chi connectivity index (χ0v) is 18.5. The fraction of sp³-hybridized carbons (Fsp3) is 0.708. The number of ether oxygens (including phenoxy) is 3. The summed E-state index contributed by atoms with van der Waals surface area (Å²) >= 11 is 0. The summed E-state index contributed by atoms with van der Waals surface area (Å²) in [7, 11) is 0. The number of benzene rings is 1. The van der Waals surface area contributed by atoms with Crippen molar-refractivity contribution < 1.29 is 23.4 Å². The maximum absolute atomic E-state index is 14.6. The van der Waals surface area contributed by atoms with Crippen molar-refractivity contribution in [1.29, 1.82) is 0 Å². The number of morpholine rings is 1. The second kappa shape index (κ2) is 11.1. The van der Waals surface area contributed by atoms with Gasteiger partial charge < -0.3 is 14.2 Å². The smallest absolute Gasteiger partial charge is 0.338 e. The molecule has 2 aliphatic rings. The van der Waals surface area contributed by atoms with Gasteiger partial charge in [-0.05, 0) is 49.8 Å². The Balaban J connectivity index is 1.64. The third-order valence-electron chi connectivity index (χ3n) is 6.48. The Labute approximate surface area is 179 Å². The molecule has 0 amide bonds. The minimum absolute atomic E-state index is 0.159. The highest BCUT2D eigenvalue weighted by Gasteiger charge is 2.36. The highest BCUT2D eigenvalue weighted by molar-refractivity contribution is 5.89. The molecule has 6 heteroatoms. The van der Waals surface area contributed by atoms with Crippen LogP contribution in [0.1, 0.15) is 69.2 Å². The molecule has 0 aromatic heterocycles. The maximum Gasteiger partial charge on any atom is 0.338 e. The lowest BCUT2D eigenvalue weighted by atomic mass is 9.79. The van der Waals surface area contributed by atoms with E-state index in [1.165, 1.54) is 37.5 Å². The molecule has 0 spiro atoms. The van der Waals surface area contributed by atoms with Gasteiger partial charge in [-0.2, -0.15) is 0 Å². The Morgan fingerprint density at radius 3 is 2.47 bits per heavy atom. The third-order valence-corrected chi connectivity index (χ3v) is 6.48. The van der Waals surface area contributed by atoms with Crippen LogP contribution >= 0.6 is 0 Å². The number of carbonyl (C=O) groups is 1. The Bertz CT molecular complexity index is 680. The second-order valence-electron chi connectivity index (χ2n) is 8.82. The predicted octanol–water partition coefficient (Wildman–Crippen LogP) is 4.83. The molecule has 1 aromatic carbocycles. The molecule has 30 heavy (non-hydrogen) atoms. The van der Waals surface area contributed by atoms with Crippen LogP contribution in [0.3, 0.4) is 0 Å². The monoisotopic (exact) mass is 421 g/mol. The predicted molar refractivity (Wildman–Crippen MR) is 114 cm³/mol. The molecule has 0 radical (unpaired) electrons. The van der Waals surface area contributed by atoms with Crippen molar-refractivity contribution in [2.75, 3.05) is 39.5 Å². The lowest BCUT2D eigenvalue weighted by Gasteiger charge is -2.39. The summed E-state index contributed by atoms with van der Waals surface area (Å²) in [5.74, 6) is -0.447. The van der Waals surface area contributed by atoms with Crippen LogP contribution in [0.5, 0.6) is 5.75 Å². The van der Waals surface area contributed by atoms with Crippen molar-refractivity contribution in [2.45, 2.75) is 64.4 Å². The van der Waals surface area contributed by atoms with Crippen molar-refractivity contribution in [2.24, 2.45) is 5.92 Å². The maximum atomic E-state index is 14.6. The molecule has 1 saturated carbocycles. The number of carbonyl (C=O) groups excluding carboxylic acids is 1. The number of halogens is 1. The Morgan fingerprint density at radius 1 is 1.13 bits per heavy atom. The number of nitrogens with zero attached hydrogens (tertiary/aromatic N) is 1. The minimum atomic E-state index is -0.440. The summed E-state index contributed by atoms with van der Waals surface area (Å²) in [6.45, 7) is 8.39. The summed E-state index contributed by atoms with van der Waals surface area (Å²) in [5.41, 5.74) is -0.0572. The highest BCUT2D eigenvalue weighted by Crippen LogP contribution is 2.38. The summed E-state index contributed by atoms with van der Waals surface area (Å²) in [4.78, 5) is 14.7. The van der Waals surface area contributed by atoms with Crippen LogP contribution in [0.15, 0.2) is 18.2 Å². The molecule has 2 fully saturated rings. The van der Waals surface area contributed by atoms with E-state index >= 15 is 0 Å². The van der Waals surface area contributed by atoms with Crippen LogP contribution in [0.4, 0.5) is 4.39 Å². The summed E-state index contributed by atoms with van der Waals surface area (Å²) in [6.07, 6.45) is 7.64. The van der Waals surface area contributed by atoms with E-state index in [0.717, 1.165) is 38.8 Å². The van der Waals surface area contributed by atoms with Gasteiger partial charge in [0.2, 0.25) is 0 Å². The first-order valence-corrected chi connectivity index (χ1v) is 11.5. The summed E-state index contributed by atoms with van der Waals surface area (Å²) in [5, 5.41) is 0. The molecule has 1 heterocycles. The van der Waals surface area contributed by atoms with Gasteiger partial charge >= 0.3 is 5.97 Å². The number of hydrogen-bond donors (Lipinski definition) is 0. The second-order valence-corrected chi connectivity index (χ2v) is 8.82. The van der Waals surface area contributed by atoms with Gasteiger partial charge in [0.25, 0.3) is 0 Å². The van der Waals surface area contributed by atoms with E-state index in [1.54, 1.807) is 0 Å². The molecule has 1 aliphatic carbocycles. The number of rotatable bonds is 7. The zero-order chi connectivity index (χ0) is 21.4. The Hall–Kier alpha value is -1.66. The molecule has 0 N–H and O–H groups in total. The van der Waals surface area contributed by atoms with Gasteiger partial charge in [0, 0.05) is 19.6 Å². The van der Waals surface area contributed by atoms with Crippen LogP contribution in [-0.2, 0) is 9.47 Å². The van der Waals surface area contributed by atoms with Gasteiger partial charge in [-0.25, -0.2) is 9.18 Å². The number of esters is 1. The molecule has 1 aliphatic heterocycles. The standard InChI is InChI=1S/C24H36FNO4/c1-19(2)24(10-6-4-3-5-7-11-24)30-22-18-20(8-9-21(22)25)23(27)29-17-14-26-12-15-28-16-13-26/h8-9,18-19H,3-7,10-17H2,1-2H3. The van der Waals surface area contributed by atoms with Crippen molar-refractivity contribution in [3.63, 3.8) is 0 Å². The van der Waals surface area contributed by atoms with Gasteiger partial charge in [-0.3, -0.25) is 4.90 Å². The molecule has 168 valence electrons. The summed E-state index contributed by atoms with van der Waals surface area (Å²) in [6, 6.07) is 4.29. The lowest BCUT2D eigenvalue weighted by molar-refractivity contribution is -0.00587. The van der Waals surface area contributed by atoms with Crippen LogP contribution in [0.25, 0.3) is 0 Å². The molecule has 1 saturated heterocycles. The largest absolute Gasteiger partial charge is 0.484 e. The normalized spacial score (nSPS) is 20.4. The van der Waals surface area contributed by atoms with Crippen molar-refractivity contribution in [3.05, 3.63) is 29.6 Å².